The predicted octanol–water partition coefficient (Wildman–Crippen LogP) is 3.31. The summed E-state index contributed by atoms with van der Waals surface area (Å²) in [7, 11) is 0. The van der Waals surface area contributed by atoms with Gasteiger partial charge in [-0.2, -0.15) is 0 Å². The van der Waals surface area contributed by atoms with E-state index in [1.54, 1.807) is 4.90 Å². The van der Waals surface area contributed by atoms with Crippen LogP contribution < -0.4 is 5.32 Å². The first-order valence-corrected chi connectivity index (χ1v) is 7.21. The molecule has 6 heteroatoms. The van der Waals surface area contributed by atoms with Crippen LogP contribution in [0.15, 0.2) is 12.1 Å². The van der Waals surface area contributed by atoms with Crippen molar-refractivity contribution >= 4 is 11.6 Å². The van der Waals surface area contributed by atoms with Crippen LogP contribution >= 0.6 is 0 Å². The number of anilines is 1. The number of piperidine rings is 1. The Hall–Kier alpha value is -1.72. The van der Waals surface area contributed by atoms with Gasteiger partial charge in [0.05, 0.1) is 12.2 Å². The van der Waals surface area contributed by atoms with Crippen LogP contribution in [-0.2, 0) is 4.79 Å². The SMILES string of the molecule is CCC1CCCCN1C(=O)CNc1ccc(F)c(F)c1F. The number of rotatable bonds is 4. The van der Waals surface area contributed by atoms with E-state index in [4.69, 9.17) is 0 Å². The van der Waals surface area contributed by atoms with E-state index in [1.165, 1.54) is 0 Å². The van der Waals surface area contributed by atoms with Gasteiger partial charge in [0.1, 0.15) is 0 Å². The summed E-state index contributed by atoms with van der Waals surface area (Å²) in [6.45, 7) is 2.59. The fourth-order valence-corrected chi connectivity index (χ4v) is 2.69. The first-order chi connectivity index (χ1) is 10.0. The Morgan fingerprint density at radius 2 is 2.05 bits per heavy atom. The molecule has 1 atom stereocenters. The van der Waals surface area contributed by atoms with Crippen LogP contribution in [0, 0.1) is 17.5 Å². The number of carbonyl (C=O) groups is 1. The number of carbonyl (C=O) groups excluding carboxylic acids is 1. The fraction of sp³-hybridized carbons (Fsp3) is 0.533. The second kappa shape index (κ2) is 6.83. The van der Waals surface area contributed by atoms with Crippen LogP contribution in [0.1, 0.15) is 32.6 Å². The number of hydrogen-bond donors (Lipinski definition) is 1. The molecule has 1 saturated heterocycles. The highest BCUT2D eigenvalue weighted by molar-refractivity contribution is 5.81. The smallest absolute Gasteiger partial charge is 0.242 e. The van der Waals surface area contributed by atoms with Crippen molar-refractivity contribution < 1.29 is 18.0 Å². The molecule has 3 nitrogen and oxygen atoms in total. The van der Waals surface area contributed by atoms with Crippen molar-refractivity contribution in [1.82, 2.24) is 4.90 Å². The molecule has 1 amide bonds. The van der Waals surface area contributed by atoms with Gasteiger partial charge >= 0.3 is 0 Å². The highest BCUT2D eigenvalue weighted by Crippen LogP contribution is 2.21. The lowest BCUT2D eigenvalue weighted by Gasteiger charge is -2.35. The van der Waals surface area contributed by atoms with Gasteiger partial charge in [0.15, 0.2) is 17.5 Å². The molecule has 1 fully saturated rings. The van der Waals surface area contributed by atoms with Crippen molar-refractivity contribution in [3.05, 3.63) is 29.6 Å². The van der Waals surface area contributed by atoms with Crippen molar-refractivity contribution in [1.29, 1.82) is 0 Å². The summed E-state index contributed by atoms with van der Waals surface area (Å²) in [6, 6.07) is 2.14. The molecule has 2 rings (SSSR count). The third-order valence-electron chi connectivity index (χ3n) is 3.88. The number of likely N-dealkylation sites (tertiary alicyclic amines) is 1. The highest BCUT2D eigenvalue weighted by atomic mass is 19.2. The Labute approximate surface area is 122 Å². The van der Waals surface area contributed by atoms with Gasteiger partial charge in [-0.15, -0.1) is 0 Å². The number of amides is 1. The molecule has 1 aromatic rings. The first kappa shape index (κ1) is 15.7. The number of hydrogen-bond acceptors (Lipinski definition) is 2. The van der Waals surface area contributed by atoms with Crippen molar-refractivity contribution in [3.63, 3.8) is 0 Å². The third-order valence-corrected chi connectivity index (χ3v) is 3.88. The van der Waals surface area contributed by atoms with E-state index in [0.29, 0.717) is 6.54 Å². The van der Waals surface area contributed by atoms with Gasteiger partial charge in [-0.3, -0.25) is 4.79 Å². The number of nitrogens with zero attached hydrogens (tertiary/aromatic N) is 1. The number of nitrogens with one attached hydrogen (secondary N) is 1. The standard InChI is InChI=1S/C15H19F3N2O/c1-2-10-5-3-4-8-20(10)13(21)9-19-12-7-6-11(16)14(17)15(12)18/h6-7,10,19H,2-5,8-9H2,1H3. The molecule has 21 heavy (non-hydrogen) atoms. The van der Waals surface area contributed by atoms with Gasteiger partial charge in [-0.05, 0) is 37.8 Å². The van der Waals surface area contributed by atoms with Gasteiger partial charge in [0, 0.05) is 12.6 Å². The zero-order chi connectivity index (χ0) is 15.4. The van der Waals surface area contributed by atoms with Crippen LogP contribution in [0.25, 0.3) is 0 Å². The lowest BCUT2D eigenvalue weighted by atomic mass is 10.00. The summed E-state index contributed by atoms with van der Waals surface area (Å²) in [5.41, 5.74) is -0.202. The summed E-state index contributed by atoms with van der Waals surface area (Å²) in [5, 5.41) is 2.55. The van der Waals surface area contributed by atoms with Crippen LogP contribution in [0.3, 0.4) is 0 Å². The van der Waals surface area contributed by atoms with Crippen molar-refractivity contribution in [2.45, 2.75) is 38.6 Å². The Bertz CT molecular complexity index is 522. The minimum Gasteiger partial charge on any atom is -0.374 e. The quantitative estimate of drug-likeness (QED) is 0.865. The van der Waals surface area contributed by atoms with E-state index in [0.717, 1.165) is 37.8 Å². The summed E-state index contributed by atoms with van der Waals surface area (Å²) < 4.78 is 39.4. The Balaban J connectivity index is 1.99. The molecule has 1 N–H and O–H groups in total. The molecular weight excluding hydrogens is 281 g/mol. The molecule has 1 aliphatic heterocycles. The molecule has 0 spiro atoms. The van der Waals surface area contributed by atoms with Gasteiger partial charge in [0.25, 0.3) is 0 Å². The van der Waals surface area contributed by atoms with Crippen LogP contribution in [-0.4, -0.2) is 29.9 Å². The molecule has 1 unspecified atom stereocenters. The average Bonchev–Trinajstić information content (AvgIpc) is 2.51. The molecule has 1 heterocycles. The molecule has 0 saturated carbocycles. The summed E-state index contributed by atoms with van der Waals surface area (Å²) >= 11 is 0. The highest BCUT2D eigenvalue weighted by Gasteiger charge is 2.25. The Kier molecular flexibility index (Phi) is 5.09. The molecule has 0 radical (unpaired) electrons. The zero-order valence-corrected chi connectivity index (χ0v) is 12.0. The van der Waals surface area contributed by atoms with E-state index in [-0.39, 0.29) is 24.2 Å². The molecule has 0 bridgehead atoms. The largest absolute Gasteiger partial charge is 0.374 e. The first-order valence-electron chi connectivity index (χ1n) is 7.21. The molecular formula is C15H19F3N2O. The topological polar surface area (TPSA) is 32.3 Å². The molecule has 116 valence electrons. The zero-order valence-electron chi connectivity index (χ0n) is 12.0. The van der Waals surface area contributed by atoms with Crippen LogP contribution in [0.2, 0.25) is 0 Å². The minimum atomic E-state index is -1.53. The Morgan fingerprint density at radius 1 is 1.29 bits per heavy atom. The Morgan fingerprint density at radius 3 is 2.76 bits per heavy atom. The van der Waals surface area contributed by atoms with E-state index in [9.17, 15) is 18.0 Å². The van der Waals surface area contributed by atoms with Gasteiger partial charge in [0.2, 0.25) is 5.91 Å². The molecule has 1 aromatic carbocycles. The lowest BCUT2D eigenvalue weighted by molar-refractivity contribution is -0.133. The number of benzene rings is 1. The number of halogens is 3. The predicted molar refractivity (Wildman–Crippen MR) is 74.4 cm³/mol. The van der Waals surface area contributed by atoms with Crippen LogP contribution in [0.5, 0.6) is 0 Å². The van der Waals surface area contributed by atoms with E-state index >= 15 is 0 Å². The van der Waals surface area contributed by atoms with Gasteiger partial charge in [-0.1, -0.05) is 6.92 Å². The third kappa shape index (κ3) is 3.49. The molecule has 0 aromatic heterocycles. The lowest BCUT2D eigenvalue weighted by Crippen LogP contribution is -2.45. The maximum atomic E-state index is 13.5. The van der Waals surface area contributed by atoms with Crippen molar-refractivity contribution in [2.24, 2.45) is 0 Å². The van der Waals surface area contributed by atoms with E-state index in [2.05, 4.69) is 5.32 Å². The van der Waals surface area contributed by atoms with Crippen molar-refractivity contribution in [3.8, 4) is 0 Å². The van der Waals surface area contributed by atoms with Gasteiger partial charge in [-0.25, -0.2) is 13.2 Å². The van der Waals surface area contributed by atoms with E-state index < -0.39 is 17.5 Å². The second-order valence-corrected chi connectivity index (χ2v) is 5.22. The summed E-state index contributed by atoms with van der Waals surface area (Å²) in [4.78, 5) is 14.0. The maximum absolute atomic E-state index is 13.5. The fourth-order valence-electron chi connectivity index (χ4n) is 2.69. The molecule has 1 aliphatic rings. The second-order valence-electron chi connectivity index (χ2n) is 5.22. The maximum Gasteiger partial charge on any atom is 0.242 e. The summed E-state index contributed by atoms with van der Waals surface area (Å²) in [5.74, 6) is -4.22. The molecule has 0 aliphatic carbocycles. The normalized spacial score (nSPS) is 18.7. The van der Waals surface area contributed by atoms with E-state index in [1.807, 2.05) is 6.92 Å². The van der Waals surface area contributed by atoms with Gasteiger partial charge < -0.3 is 10.2 Å². The van der Waals surface area contributed by atoms with Crippen LogP contribution in [0.4, 0.5) is 18.9 Å². The summed E-state index contributed by atoms with van der Waals surface area (Å²) in [6.07, 6.45) is 3.92. The van der Waals surface area contributed by atoms with Crippen molar-refractivity contribution in [2.75, 3.05) is 18.4 Å². The minimum absolute atomic E-state index is 0.126. The monoisotopic (exact) mass is 300 g/mol. The average molecular weight is 300 g/mol.